The Bertz CT molecular complexity index is 933. The van der Waals surface area contributed by atoms with Gasteiger partial charge in [-0.25, -0.2) is 4.79 Å². The van der Waals surface area contributed by atoms with Gasteiger partial charge in [0, 0.05) is 11.3 Å². The van der Waals surface area contributed by atoms with Crippen molar-refractivity contribution < 1.29 is 24.2 Å². The van der Waals surface area contributed by atoms with E-state index in [9.17, 15) is 14.7 Å². The predicted molar refractivity (Wildman–Crippen MR) is 102 cm³/mol. The van der Waals surface area contributed by atoms with Crippen molar-refractivity contribution >= 4 is 17.4 Å². The molecule has 2 aromatic rings. The zero-order valence-electron chi connectivity index (χ0n) is 15.7. The van der Waals surface area contributed by atoms with E-state index in [2.05, 4.69) is 0 Å². The summed E-state index contributed by atoms with van der Waals surface area (Å²) >= 11 is 0. The molecule has 3 rings (SSSR count). The SMILES string of the molecule is CCOC(=O)c1c(Oc2c(C)cc(N)c3c2CCC3)ccc(O)c1C(C)=O. The third-order valence-electron chi connectivity index (χ3n) is 4.76. The number of esters is 1. The van der Waals surface area contributed by atoms with Gasteiger partial charge in [0.05, 0.1) is 12.2 Å². The van der Waals surface area contributed by atoms with Gasteiger partial charge in [-0.3, -0.25) is 4.79 Å². The highest BCUT2D eigenvalue weighted by atomic mass is 16.5. The maximum atomic E-state index is 12.5. The number of phenolic OH excluding ortho intramolecular Hbond substituents is 1. The van der Waals surface area contributed by atoms with E-state index in [1.54, 1.807) is 6.92 Å². The molecule has 6 heteroatoms. The van der Waals surface area contributed by atoms with Crippen molar-refractivity contribution in [2.45, 2.75) is 40.0 Å². The number of hydrogen-bond donors (Lipinski definition) is 2. The molecule has 0 amide bonds. The third-order valence-corrected chi connectivity index (χ3v) is 4.76. The maximum absolute atomic E-state index is 12.5. The second-order valence-corrected chi connectivity index (χ2v) is 6.63. The molecular formula is C21H23NO5. The molecule has 1 aliphatic rings. The molecule has 0 atom stereocenters. The lowest BCUT2D eigenvalue weighted by atomic mass is 10.0. The number of ketones is 1. The van der Waals surface area contributed by atoms with Gasteiger partial charge in [0.25, 0.3) is 0 Å². The molecule has 0 saturated heterocycles. The van der Waals surface area contributed by atoms with Gasteiger partial charge in [-0.1, -0.05) is 0 Å². The van der Waals surface area contributed by atoms with Crippen molar-refractivity contribution in [1.82, 2.24) is 0 Å². The van der Waals surface area contributed by atoms with Crippen LogP contribution in [-0.4, -0.2) is 23.5 Å². The van der Waals surface area contributed by atoms with Crippen molar-refractivity contribution in [1.29, 1.82) is 0 Å². The number of benzene rings is 2. The minimum absolute atomic E-state index is 0.0627. The number of carbonyl (C=O) groups excluding carboxylic acids is 2. The highest BCUT2D eigenvalue weighted by molar-refractivity contribution is 6.09. The van der Waals surface area contributed by atoms with E-state index in [0.717, 1.165) is 41.6 Å². The summed E-state index contributed by atoms with van der Waals surface area (Å²) in [5.41, 5.74) is 9.65. The number of Topliss-reactive ketones (excluding diaryl/α,β-unsaturated/α-hetero) is 1. The average Bonchev–Trinajstić information content (AvgIpc) is 3.09. The van der Waals surface area contributed by atoms with Crippen molar-refractivity contribution in [2.75, 3.05) is 12.3 Å². The molecule has 27 heavy (non-hydrogen) atoms. The molecule has 0 aliphatic heterocycles. The second-order valence-electron chi connectivity index (χ2n) is 6.63. The predicted octanol–water partition coefficient (Wildman–Crippen LogP) is 3.94. The van der Waals surface area contributed by atoms with Crippen LogP contribution < -0.4 is 10.5 Å². The number of aromatic hydroxyl groups is 1. The largest absolute Gasteiger partial charge is 0.507 e. The Morgan fingerprint density at radius 1 is 1.19 bits per heavy atom. The van der Waals surface area contributed by atoms with Gasteiger partial charge < -0.3 is 20.3 Å². The number of aryl methyl sites for hydroxylation is 1. The first-order valence-corrected chi connectivity index (χ1v) is 8.97. The lowest BCUT2D eigenvalue weighted by Gasteiger charge is -2.18. The number of rotatable bonds is 5. The fraction of sp³-hybridized carbons (Fsp3) is 0.333. The smallest absolute Gasteiger partial charge is 0.342 e. The monoisotopic (exact) mass is 369 g/mol. The first-order valence-electron chi connectivity index (χ1n) is 8.97. The van der Waals surface area contributed by atoms with Gasteiger partial charge in [0.2, 0.25) is 0 Å². The molecule has 142 valence electrons. The summed E-state index contributed by atoms with van der Waals surface area (Å²) in [5.74, 6) is -0.614. The maximum Gasteiger partial charge on any atom is 0.342 e. The fourth-order valence-corrected chi connectivity index (χ4v) is 3.61. The average molecular weight is 369 g/mol. The van der Waals surface area contributed by atoms with Crippen LogP contribution in [0.25, 0.3) is 0 Å². The molecule has 6 nitrogen and oxygen atoms in total. The normalized spacial score (nSPS) is 12.6. The summed E-state index contributed by atoms with van der Waals surface area (Å²) in [6.07, 6.45) is 2.71. The number of nitrogens with two attached hydrogens (primary N) is 1. The van der Waals surface area contributed by atoms with Gasteiger partial charge in [-0.15, -0.1) is 0 Å². The van der Waals surface area contributed by atoms with E-state index in [1.807, 2.05) is 13.0 Å². The summed E-state index contributed by atoms with van der Waals surface area (Å²) in [6, 6.07) is 4.68. The number of phenols is 1. The summed E-state index contributed by atoms with van der Waals surface area (Å²) in [5, 5.41) is 10.1. The molecule has 3 N–H and O–H groups in total. The molecule has 2 aromatic carbocycles. The molecule has 0 fully saturated rings. The van der Waals surface area contributed by atoms with E-state index in [0.29, 0.717) is 5.75 Å². The van der Waals surface area contributed by atoms with Gasteiger partial charge in [0.1, 0.15) is 22.8 Å². The number of carbonyl (C=O) groups is 2. The number of anilines is 1. The first kappa shape index (κ1) is 18.8. The van der Waals surface area contributed by atoms with Crippen LogP contribution in [0.15, 0.2) is 18.2 Å². The molecule has 0 spiro atoms. The van der Waals surface area contributed by atoms with Crippen LogP contribution in [0.5, 0.6) is 17.2 Å². The number of ether oxygens (including phenoxy) is 2. The van der Waals surface area contributed by atoms with Gasteiger partial charge >= 0.3 is 5.97 Å². The minimum atomic E-state index is -0.710. The Hall–Kier alpha value is -3.02. The first-order chi connectivity index (χ1) is 12.8. The van der Waals surface area contributed by atoms with Crippen molar-refractivity contribution in [3.8, 4) is 17.2 Å². The van der Waals surface area contributed by atoms with Crippen molar-refractivity contribution in [3.05, 3.63) is 46.0 Å². The van der Waals surface area contributed by atoms with Crippen LogP contribution >= 0.6 is 0 Å². The summed E-state index contributed by atoms with van der Waals surface area (Å²) in [6.45, 7) is 4.99. The summed E-state index contributed by atoms with van der Waals surface area (Å²) in [7, 11) is 0. The van der Waals surface area contributed by atoms with E-state index in [-0.39, 0.29) is 29.2 Å². The van der Waals surface area contributed by atoms with E-state index in [4.69, 9.17) is 15.2 Å². The number of fused-ring (bicyclic) bond motifs is 1. The molecule has 0 unspecified atom stereocenters. The molecule has 0 bridgehead atoms. The molecular weight excluding hydrogens is 346 g/mol. The van der Waals surface area contributed by atoms with Crippen LogP contribution in [0, 0.1) is 6.92 Å². The highest BCUT2D eigenvalue weighted by Gasteiger charge is 2.27. The van der Waals surface area contributed by atoms with Gasteiger partial charge in [0.15, 0.2) is 5.78 Å². The van der Waals surface area contributed by atoms with Crippen LogP contribution in [0.3, 0.4) is 0 Å². The zero-order valence-corrected chi connectivity index (χ0v) is 15.7. The summed E-state index contributed by atoms with van der Waals surface area (Å²) in [4.78, 5) is 24.6. The Morgan fingerprint density at radius 3 is 2.56 bits per heavy atom. The molecule has 0 aromatic heterocycles. The van der Waals surface area contributed by atoms with Gasteiger partial charge in [-0.2, -0.15) is 0 Å². The quantitative estimate of drug-likeness (QED) is 0.470. The topological polar surface area (TPSA) is 98.8 Å². The Labute approximate surface area is 157 Å². The molecule has 0 heterocycles. The highest BCUT2D eigenvalue weighted by Crippen LogP contribution is 2.41. The Morgan fingerprint density at radius 2 is 1.89 bits per heavy atom. The number of hydrogen-bond acceptors (Lipinski definition) is 6. The second kappa shape index (κ2) is 7.31. The van der Waals surface area contributed by atoms with Crippen LogP contribution in [0.4, 0.5) is 5.69 Å². The van der Waals surface area contributed by atoms with E-state index in [1.165, 1.54) is 19.1 Å². The third kappa shape index (κ3) is 3.35. The summed E-state index contributed by atoms with van der Waals surface area (Å²) < 4.78 is 11.2. The fourth-order valence-electron chi connectivity index (χ4n) is 3.61. The van der Waals surface area contributed by atoms with Crippen molar-refractivity contribution in [2.24, 2.45) is 0 Å². The van der Waals surface area contributed by atoms with Crippen molar-refractivity contribution in [3.63, 3.8) is 0 Å². The molecule has 0 radical (unpaired) electrons. The van der Waals surface area contributed by atoms with Crippen LogP contribution in [-0.2, 0) is 17.6 Å². The van der Waals surface area contributed by atoms with Gasteiger partial charge in [-0.05, 0) is 69.4 Å². The zero-order chi connectivity index (χ0) is 19.7. The Balaban J connectivity index is 2.17. The lowest BCUT2D eigenvalue weighted by molar-refractivity contribution is 0.0519. The standard InChI is InChI=1S/C21H23NO5/c1-4-26-21(25)19-17(9-8-16(24)18(19)12(3)23)27-20-11(2)10-15(22)13-6-5-7-14(13)20/h8-10,24H,4-7,22H2,1-3H3. The van der Waals surface area contributed by atoms with Crippen LogP contribution in [0.2, 0.25) is 0 Å². The van der Waals surface area contributed by atoms with E-state index >= 15 is 0 Å². The lowest BCUT2D eigenvalue weighted by Crippen LogP contribution is -2.13. The molecule has 0 saturated carbocycles. The van der Waals surface area contributed by atoms with E-state index < -0.39 is 11.8 Å². The molecule has 1 aliphatic carbocycles. The van der Waals surface area contributed by atoms with Crippen LogP contribution in [0.1, 0.15) is 57.7 Å². The number of nitrogen functional groups attached to an aromatic ring is 1. The Kier molecular flexibility index (Phi) is 5.08. The minimum Gasteiger partial charge on any atom is -0.507 e.